The van der Waals surface area contributed by atoms with Gasteiger partial charge in [-0.3, -0.25) is 14.1 Å². The van der Waals surface area contributed by atoms with Crippen molar-refractivity contribution in [1.29, 1.82) is 0 Å². The van der Waals surface area contributed by atoms with Crippen molar-refractivity contribution < 1.29 is 13.2 Å². The van der Waals surface area contributed by atoms with Crippen molar-refractivity contribution >= 4 is 34.0 Å². The third-order valence-electron chi connectivity index (χ3n) is 5.05. The topological polar surface area (TPSA) is 82.6 Å². The van der Waals surface area contributed by atoms with Crippen LogP contribution in [0.1, 0.15) is 28.4 Å². The molecule has 150 valence electrons. The van der Waals surface area contributed by atoms with Gasteiger partial charge in [0.25, 0.3) is 5.91 Å². The van der Waals surface area contributed by atoms with E-state index in [1.54, 1.807) is 36.7 Å². The first-order valence-electron chi connectivity index (χ1n) is 9.08. The SMILES string of the molecule is Cl.O=C(c1cccc(N2CCCS2(=O)=O)c1)N1CCNCC1c1cccnc1. The summed E-state index contributed by atoms with van der Waals surface area (Å²) in [6, 6.07) is 10.7. The molecule has 0 radical (unpaired) electrons. The van der Waals surface area contributed by atoms with Crippen LogP contribution in [0.5, 0.6) is 0 Å². The van der Waals surface area contributed by atoms with Gasteiger partial charge in [-0.15, -0.1) is 12.4 Å². The number of anilines is 1. The predicted octanol–water partition coefficient (Wildman–Crippen LogP) is 1.83. The first-order valence-corrected chi connectivity index (χ1v) is 10.7. The van der Waals surface area contributed by atoms with Gasteiger partial charge in [0.15, 0.2) is 0 Å². The molecule has 28 heavy (non-hydrogen) atoms. The normalized spacial score (nSPS) is 21.2. The zero-order valence-electron chi connectivity index (χ0n) is 15.3. The summed E-state index contributed by atoms with van der Waals surface area (Å²) >= 11 is 0. The van der Waals surface area contributed by atoms with Crippen LogP contribution in [0.3, 0.4) is 0 Å². The van der Waals surface area contributed by atoms with Crippen LogP contribution in [0.15, 0.2) is 48.8 Å². The molecular formula is C19H23ClN4O3S. The molecule has 2 saturated heterocycles. The number of piperazine rings is 1. The second-order valence-electron chi connectivity index (χ2n) is 6.80. The van der Waals surface area contributed by atoms with Gasteiger partial charge in [-0.05, 0) is 36.2 Å². The molecule has 1 N–H and O–H groups in total. The van der Waals surface area contributed by atoms with E-state index in [4.69, 9.17) is 0 Å². The largest absolute Gasteiger partial charge is 0.329 e. The van der Waals surface area contributed by atoms with Crippen LogP contribution in [0.2, 0.25) is 0 Å². The fraction of sp³-hybridized carbons (Fsp3) is 0.368. The number of aromatic nitrogens is 1. The number of pyridine rings is 1. The van der Waals surface area contributed by atoms with Gasteiger partial charge >= 0.3 is 0 Å². The Labute approximate surface area is 171 Å². The van der Waals surface area contributed by atoms with Gasteiger partial charge in [-0.25, -0.2) is 8.42 Å². The van der Waals surface area contributed by atoms with E-state index >= 15 is 0 Å². The van der Waals surface area contributed by atoms with Crippen molar-refractivity contribution in [3.05, 3.63) is 59.9 Å². The van der Waals surface area contributed by atoms with Crippen LogP contribution >= 0.6 is 12.4 Å². The maximum atomic E-state index is 13.2. The molecule has 3 heterocycles. The lowest BCUT2D eigenvalue weighted by molar-refractivity contribution is 0.0634. The second kappa shape index (κ2) is 8.46. The highest BCUT2D eigenvalue weighted by Gasteiger charge is 2.31. The van der Waals surface area contributed by atoms with E-state index in [-0.39, 0.29) is 30.1 Å². The quantitative estimate of drug-likeness (QED) is 0.815. The summed E-state index contributed by atoms with van der Waals surface area (Å²) in [5, 5.41) is 3.33. The minimum Gasteiger partial charge on any atom is -0.329 e. The molecule has 0 aliphatic carbocycles. The highest BCUT2D eigenvalue weighted by Crippen LogP contribution is 2.27. The van der Waals surface area contributed by atoms with E-state index < -0.39 is 10.0 Å². The minimum absolute atomic E-state index is 0. The summed E-state index contributed by atoms with van der Waals surface area (Å²) in [6.45, 7) is 2.44. The standard InChI is InChI=1S/C19H22N4O3S.ClH/c24-19(22-10-8-21-14-18(22)16-5-2-7-20-13-16)15-4-1-6-17(12-15)23-9-3-11-27(23,25)26;/h1-2,4-7,12-13,18,21H,3,8-11,14H2;1H. The number of benzene rings is 1. The minimum atomic E-state index is -3.27. The van der Waals surface area contributed by atoms with Crippen molar-refractivity contribution in [1.82, 2.24) is 15.2 Å². The third kappa shape index (κ3) is 3.99. The van der Waals surface area contributed by atoms with E-state index in [0.29, 0.717) is 37.3 Å². The van der Waals surface area contributed by atoms with Crippen LogP contribution in [0.4, 0.5) is 5.69 Å². The number of amides is 1. The van der Waals surface area contributed by atoms with E-state index in [1.165, 1.54) is 4.31 Å². The summed E-state index contributed by atoms with van der Waals surface area (Å²) in [7, 11) is -3.27. The summed E-state index contributed by atoms with van der Waals surface area (Å²) in [4.78, 5) is 19.2. The Morgan fingerprint density at radius 2 is 2.04 bits per heavy atom. The van der Waals surface area contributed by atoms with Gasteiger partial charge in [0.05, 0.1) is 17.5 Å². The van der Waals surface area contributed by atoms with Crippen molar-refractivity contribution in [3.63, 3.8) is 0 Å². The first kappa shape index (κ1) is 20.6. The maximum absolute atomic E-state index is 13.2. The molecule has 9 heteroatoms. The number of carbonyl (C=O) groups excluding carboxylic acids is 1. The van der Waals surface area contributed by atoms with Gasteiger partial charge in [0.2, 0.25) is 10.0 Å². The molecule has 0 bridgehead atoms. The number of carbonyl (C=O) groups is 1. The van der Waals surface area contributed by atoms with Gasteiger partial charge in [-0.2, -0.15) is 0 Å². The Bertz CT molecular complexity index is 939. The number of nitrogens with zero attached hydrogens (tertiary/aromatic N) is 3. The average Bonchev–Trinajstić information content (AvgIpc) is 3.07. The second-order valence-corrected chi connectivity index (χ2v) is 8.81. The Balaban J connectivity index is 0.00000225. The van der Waals surface area contributed by atoms with E-state index in [2.05, 4.69) is 10.3 Å². The van der Waals surface area contributed by atoms with Crippen LogP contribution in [-0.2, 0) is 10.0 Å². The lowest BCUT2D eigenvalue weighted by Gasteiger charge is -2.36. The van der Waals surface area contributed by atoms with Gasteiger partial charge < -0.3 is 10.2 Å². The van der Waals surface area contributed by atoms with Gasteiger partial charge in [0.1, 0.15) is 0 Å². The van der Waals surface area contributed by atoms with Crippen LogP contribution in [0.25, 0.3) is 0 Å². The molecule has 2 aliphatic heterocycles. The number of hydrogen-bond acceptors (Lipinski definition) is 5. The lowest BCUT2D eigenvalue weighted by Crippen LogP contribution is -2.48. The maximum Gasteiger partial charge on any atom is 0.254 e. The summed E-state index contributed by atoms with van der Waals surface area (Å²) in [6.07, 6.45) is 4.11. The Morgan fingerprint density at radius 1 is 1.18 bits per heavy atom. The summed E-state index contributed by atoms with van der Waals surface area (Å²) < 4.78 is 25.8. The smallest absolute Gasteiger partial charge is 0.254 e. The molecule has 2 fully saturated rings. The molecule has 1 aromatic carbocycles. The number of sulfonamides is 1. The predicted molar refractivity (Wildman–Crippen MR) is 110 cm³/mol. The molecule has 1 amide bonds. The molecule has 2 aromatic rings. The number of nitrogens with one attached hydrogen (secondary N) is 1. The van der Waals surface area contributed by atoms with Crippen molar-refractivity contribution in [2.45, 2.75) is 12.5 Å². The van der Waals surface area contributed by atoms with Gasteiger partial charge in [0, 0.05) is 44.1 Å². The average molecular weight is 423 g/mol. The van der Waals surface area contributed by atoms with Crippen LogP contribution < -0.4 is 9.62 Å². The van der Waals surface area contributed by atoms with Crippen molar-refractivity contribution in [2.75, 3.05) is 36.2 Å². The Kier molecular flexibility index (Phi) is 6.22. The van der Waals surface area contributed by atoms with E-state index in [9.17, 15) is 13.2 Å². The molecule has 0 spiro atoms. The fourth-order valence-electron chi connectivity index (χ4n) is 3.71. The first-order chi connectivity index (χ1) is 13.1. The molecule has 7 nitrogen and oxygen atoms in total. The Hall–Kier alpha value is -2.16. The van der Waals surface area contributed by atoms with Crippen molar-refractivity contribution in [3.8, 4) is 0 Å². The number of rotatable bonds is 3. The molecule has 2 aliphatic rings. The van der Waals surface area contributed by atoms with Crippen LogP contribution in [0, 0.1) is 0 Å². The molecular weight excluding hydrogens is 400 g/mol. The molecule has 0 saturated carbocycles. The highest BCUT2D eigenvalue weighted by molar-refractivity contribution is 7.93. The number of hydrogen-bond donors (Lipinski definition) is 1. The molecule has 4 rings (SSSR count). The monoisotopic (exact) mass is 422 g/mol. The van der Waals surface area contributed by atoms with E-state index in [1.807, 2.05) is 17.0 Å². The fourth-order valence-corrected chi connectivity index (χ4v) is 5.26. The summed E-state index contributed by atoms with van der Waals surface area (Å²) in [5.41, 5.74) is 2.05. The molecule has 1 aromatic heterocycles. The van der Waals surface area contributed by atoms with Crippen LogP contribution in [-0.4, -0.2) is 56.1 Å². The third-order valence-corrected chi connectivity index (χ3v) is 6.92. The zero-order valence-corrected chi connectivity index (χ0v) is 17.0. The van der Waals surface area contributed by atoms with Gasteiger partial charge in [-0.1, -0.05) is 12.1 Å². The molecule has 1 unspecified atom stereocenters. The number of halogens is 1. The zero-order chi connectivity index (χ0) is 18.9. The highest BCUT2D eigenvalue weighted by atomic mass is 35.5. The lowest BCUT2D eigenvalue weighted by atomic mass is 10.0. The van der Waals surface area contributed by atoms with Crippen molar-refractivity contribution in [2.24, 2.45) is 0 Å². The van der Waals surface area contributed by atoms with E-state index in [0.717, 1.165) is 12.1 Å². The molecule has 1 atom stereocenters. The Morgan fingerprint density at radius 3 is 2.75 bits per heavy atom. The summed E-state index contributed by atoms with van der Waals surface area (Å²) in [5.74, 6) is 0.0651.